The van der Waals surface area contributed by atoms with Gasteiger partial charge in [0.15, 0.2) is 0 Å². The normalized spacial score (nSPS) is 17.7. The highest BCUT2D eigenvalue weighted by Crippen LogP contribution is 2.48. The van der Waals surface area contributed by atoms with Gasteiger partial charge < -0.3 is 5.11 Å². The van der Waals surface area contributed by atoms with E-state index in [0.29, 0.717) is 5.75 Å². The van der Waals surface area contributed by atoms with Gasteiger partial charge in [-0.3, -0.25) is 0 Å². The van der Waals surface area contributed by atoms with E-state index in [1.165, 1.54) is 33.2 Å². The third-order valence-electron chi connectivity index (χ3n) is 5.73. The summed E-state index contributed by atoms with van der Waals surface area (Å²) in [5.74, 6) is 0.378. The van der Waals surface area contributed by atoms with Crippen molar-refractivity contribution in [3.63, 3.8) is 0 Å². The van der Waals surface area contributed by atoms with Gasteiger partial charge in [-0.1, -0.05) is 86.2 Å². The summed E-state index contributed by atoms with van der Waals surface area (Å²) >= 11 is 0. The maximum atomic E-state index is 10.5. The van der Waals surface area contributed by atoms with Crippen molar-refractivity contribution in [2.45, 2.75) is 32.6 Å². The minimum absolute atomic E-state index is 0.0973. The van der Waals surface area contributed by atoms with Crippen molar-refractivity contribution in [3.8, 4) is 5.75 Å². The first-order valence-corrected chi connectivity index (χ1v) is 9.19. The second-order valence-electron chi connectivity index (χ2n) is 7.55. The van der Waals surface area contributed by atoms with E-state index >= 15 is 0 Å². The lowest BCUT2D eigenvalue weighted by atomic mass is 9.81. The number of benzene rings is 3. The number of aromatic hydroxyl groups is 1. The number of phenols is 1. The van der Waals surface area contributed by atoms with E-state index in [1.54, 1.807) is 0 Å². The zero-order chi connectivity index (χ0) is 18.3. The summed E-state index contributed by atoms with van der Waals surface area (Å²) in [5.41, 5.74) is 6.36. The van der Waals surface area contributed by atoms with Gasteiger partial charge in [0.05, 0.1) is 0 Å². The molecular weight excluding hydrogens is 316 g/mol. The topological polar surface area (TPSA) is 20.2 Å². The van der Waals surface area contributed by atoms with Crippen LogP contribution in [0.3, 0.4) is 0 Å². The van der Waals surface area contributed by atoms with E-state index in [9.17, 15) is 5.11 Å². The average molecular weight is 340 g/mol. The van der Waals surface area contributed by atoms with Crippen LogP contribution >= 0.6 is 0 Å². The van der Waals surface area contributed by atoms with Crippen molar-refractivity contribution in [1.82, 2.24) is 0 Å². The largest absolute Gasteiger partial charge is 0.507 e. The Labute approximate surface area is 155 Å². The van der Waals surface area contributed by atoms with E-state index in [1.807, 2.05) is 24.3 Å². The Morgan fingerprint density at radius 2 is 1.62 bits per heavy atom. The van der Waals surface area contributed by atoms with Gasteiger partial charge in [-0.05, 0) is 47.1 Å². The van der Waals surface area contributed by atoms with E-state index in [-0.39, 0.29) is 5.41 Å². The summed E-state index contributed by atoms with van der Waals surface area (Å²) in [4.78, 5) is 0. The van der Waals surface area contributed by atoms with Crippen LogP contribution in [0.2, 0.25) is 0 Å². The standard InChI is InChI=1S/C25H24O/c1-4-17(18-10-6-5-7-11-18)14-19-15-22-20-12-8-9-13-21(20)24(26)16-23(22)25(19,2)3/h4-14,16,26H,15H2,1-3H3/b17-4+,19-14+. The van der Waals surface area contributed by atoms with Crippen LogP contribution in [0.15, 0.2) is 78.4 Å². The highest BCUT2D eigenvalue weighted by Gasteiger charge is 2.36. The number of hydrogen-bond acceptors (Lipinski definition) is 1. The predicted octanol–water partition coefficient (Wildman–Crippen LogP) is 6.41. The lowest BCUT2D eigenvalue weighted by molar-refractivity contribution is 0.479. The fourth-order valence-corrected chi connectivity index (χ4v) is 4.13. The molecular formula is C25H24O. The molecule has 4 rings (SSSR count). The Kier molecular flexibility index (Phi) is 3.96. The van der Waals surface area contributed by atoms with Gasteiger partial charge in [-0.2, -0.15) is 0 Å². The molecule has 0 saturated heterocycles. The Morgan fingerprint density at radius 1 is 0.962 bits per heavy atom. The Morgan fingerprint density at radius 3 is 2.31 bits per heavy atom. The average Bonchev–Trinajstić information content (AvgIpc) is 2.91. The van der Waals surface area contributed by atoms with Gasteiger partial charge in [-0.25, -0.2) is 0 Å². The summed E-state index contributed by atoms with van der Waals surface area (Å²) in [6.07, 6.45) is 5.44. The molecule has 1 N–H and O–H groups in total. The van der Waals surface area contributed by atoms with Crippen LogP contribution in [0, 0.1) is 0 Å². The van der Waals surface area contributed by atoms with Crippen molar-refractivity contribution in [3.05, 3.63) is 95.1 Å². The molecule has 3 aromatic rings. The molecule has 1 nitrogen and oxygen atoms in total. The summed E-state index contributed by atoms with van der Waals surface area (Å²) in [6, 6.07) is 20.7. The van der Waals surface area contributed by atoms with E-state index in [4.69, 9.17) is 0 Å². The lowest BCUT2D eigenvalue weighted by Crippen LogP contribution is -2.15. The lowest BCUT2D eigenvalue weighted by Gasteiger charge is -2.23. The Balaban J connectivity index is 1.87. The van der Waals surface area contributed by atoms with Gasteiger partial charge in [0.25, 0.3) is 0 Å². The van der Waals surface area contributed by atoms with Gasteiger partial charge >= 0.3 is 0 Å². The first-order valence-electron chi connectivity index (χ1n) is 9.19. The van der Waals surface area contributed by atoms with Gasteiger partial charge in [0.1, 0.15) is 5.75 Å². The monoisotopic (exact) mass is 340 g/mol. The minimum atomic E-state index is -0.0973. The Hall–Kier alpha value is -2.80. The van der Waals surface area contributed by atoms with Crippen LogP contribution in [-0.2, 0) is 11.8 Å². The predicted molar refractivity (Wildman–Crippen MR) is 111 cm³/mol. The third-order valence-corrected chi connectivity index (χ3v) is 5.73. The highest BCUT2D eigenvalue weighted by molar-refractivity contribution is 5.93. The van der Waals surface area contributed by atoms with Crippen LogP contribution in [0.4, 0.5) is 0 Å². The van der Waals surface area contributed by atoms with Crippen LogP contribution in [0.1, 0.15) is 37.5 Å². The summed E-state index contributed by atoms with van der Waals surface area (Å²) in [6.45, 7) is 6.62. The molecule has 0 saturated carbocycles. The Bertz CT molecular complexity index is 1040. The van der Waals surface area contributed by atoms with Crippen molar-refractivity contribution >= 4 is 16.3 Å². The molecule has 0 amide bonds. The van der Waals surface area contributed by atoms with Gasteiger partial charge in [0.2, 0.25) is 0 Å². The third kappa shape index (κ3) is 2.55. The van der Waals surface area contributed by atoms with E-state index in [2.05, 4.69) is 69.3 Å². The van der Waals surface area contributed by atoms with Crippen LogP contribution < -0.4 is 0 Å². The maximum Gasteiger partial charge on any atom is 0.123 e. The smallest absolute Gasteiger partial charge is 0.123 e. The molecule has 0 bridgehead atoms. The molecule has 0 fully saturated rings. The number of allylic oxidation sites excluding steroid dienone is 4. The van der Waals surface area contributed by atoms with Crippen LogP contribution in [0.5, 0.6) is 5.75 Å². The minimum Gasteiger partial charge on any atom is -0.507 e. The summed E-state index contributed by atoms with van der Waals surface area (Å²) < 4.78 is 0. The molecule has 0 aromatic heterocycles. The quantitative estimate of drug-likeness (QED) is 0.571. The first kappa shape index (κ1) is 16.7. The van der Waals surface area contributed by atoms with Crippen molar-refractivity contribution in [2.75, 3.05) is 0 Å². The molecule has 0 unspecified atom stereocenters. The number of fused-ring (bicyclic) bond motifs is 3. The van der Waals surface area contributed by atoms with E-state index in [0.717, 1.165) is 11.8 Å². The molecule has 1 aliphatic rings. The molecule has 3 aromatic carbocycles. The van der Waals surface area contributed by atoms with Crippen molar-refractivity contribution in [2.24, 2.45) is 0 Å². The van der Waals surface area contributed by atoms with Crippen LogP contribution in [-0.4, -0.2) is 5.11 Å². The number of hydrogen-bond donors (Lipinski definition) is 1. The molecule has 0 atom stereocenters. The molecule has 0 radical (unpaired) electrons. The van der Waals surface area contributed by atoms with Gasteiger partial charge in [-0.15, -0.1) is 0 Å². The molecule has 0 aliphatic heterocycles. The second-order valence-corrected chi connectivity index (χ2v) is 7.55. The fraction of sp³-hybridized carbons (Fsp3) is 0.200. The van der Waals surface area contributed by atoms with Crippen LogP contribution in [0.25, 0.3) is 16.3 Å². The molecule has 1 heteroatoms. The number of phenolic OH excluding ortho intramolecular Hbond substituents is 1. The van der Waals surface area contributed by atoms with Crippen molar-refractivity contribution in [1.29, 1.82) is 0 Å². The van der Waals surface area contributed by atoms with Crippen molar-refractivity contribution < 1.29 is 5.11 Å². The molecule has 0 heterocycles. The zero-order valence-corrected chi connectivity index (χ0v) is 15.6. The maximum absolute atomic E-state index is 10.5. The first-order chi connectivity index (χ1) is 12.5. The molecule has 0 spiro atoms. The number of rotatable bonds is 2. The molecule has 26 heavy (non-hydrogen) atoms. The molecule has 130 valence electrons. The zero-order valence-electron chi connectivity index (χ0n) is 15.6. The summed E-state index contributed by atoms with van der Waals surface area (Å²) in [5, 5.41) is 12.6. The highest BCUT2D eigenvalue weighted by atomic mass is 16.3. The second kappa shape index (κ2) is 6.17. The van der Waals surface area contributed by atoms with E-state index < -0.39 is 0 Å². The van der Waals surface area contributed by atoms with Gasteiger partial charge in [0, 0.05) is 10.8 Å². The fourth-order valence-electron chi connectivity index (χ4n) is 4.13. The molecule has 1 aliphatic carbocycles. The summed E-state index contributed by atoms with van der Waals surface area (Å²) in [7, 11) is 0. The SMILES string of the molecule is C/C=C(\C=C1/Cc2c(cc(O)c3ccccc23)C1(C)C)c1ccccc1.